The van der Waals surface area contributed by atoms with Gasteiger partial charge in [-0.05, 0) is 29.0 Å². The fraction of sp³-hybridized carbons (Fsp3) is 0.382. The van der Waals surface area contributed by atoms with Gasteiger partial charge in [-0.15, -0.1) is 0 Å². The molecule has 7 heteroatoms. The summed E-state index contributed by atoms with van der Waals surface area (Å²) in [5, 5.41) is 0. The molecule has 0 N–H and O–H groups in total. The molecule has 0 bridgehead atoms. The second-order valence-electron chi connectivity index (χ2n) is 11.4. The number of likely N-dealkylation sites (N-methyl/N-ethyl adjacent to an activating group) is 1. The quantitative estimate of drug-likeness (QED) is 0.294. The molecule has 2 aliphatic heterocycles. The number of rotatable bonds is 9. The molecule has 2 fully saturated rings. The zero-order valence-electron chi connectivity index (χ0n) is 24.3. The smallest absolute Gasteiger partial charge is 0.328 e. The molecular weight excluding hydrogens is 514 g/mol. The van der Waals surface area contributed by atoms with Crippen LogP contribution in [0.4, 0.5) is 0 Å². The summed E-state index contributed by atoms with van der Waals surface area (Å²) in [7, 11) is 2.99. The number of esters is 1. The fourth-order valence-electron chi connectivity index (χ4n) is 6.53. The average Bonchev–Trinajstić information content (AvgIpc) is 2.95. The Kier molecular flexibility index (Phi) is 8.27. The maximum absolute atomic E-state index is 14.0. The fourth-order valence-corrected chi connectivity index (χ4v) is 6.53. The van der Waals surface area contributed by atoms with Crippen molar-refractivity contribution in [3.05, 3.63) is 108 Å². The maximum Gasteiger partial charge on any atom is 0.328 e. The second-order valence-corrected chi connectivity index (χ2v) is 11.4. The van der Waals surface area contributed by atoms with Crippen LogP contribution in [0.2, 0.25) is 0 Å². The van der Waals surface area contributed by atoms with Crippen LogP contribution in [0.3, 0.4) is 0 Å². The molecule has 0 aliphatic carbocycles. The number of hydrogen-bond acceptors (Lipinski definition) is 5. The number of hydrogen-bond donors (Lipinski definition) is 0. The first-order valence-corrected chi connectivity index (χ1v) is 14.4. The molecular formula is C34H39N3O4. The summed E-state index contributed by atoms with van der Waals surface area (Å²) in [6.07, 6.45) is 0.750. The zero-order chi connectivity index (χ0) is 29.1. The van der Waals surface area contributed by atoms with Gasteiger partial charge in [0.1, 0.15) is 6.04 Å². The highest BCUT2D eigenvalue weighted by Crippen LogP contribution is 2.47. The van der Waals surface area contributed by atoms with E-state index >= 15 is 0 Å². The van der Waals surface area contributed by atoms with Gasteiger partial charge in [0.15, 0.2) is 0 Å². The van der Waals surface area contributed by atoms with Crippen LogP contribution >= 0.6 is 0 Å². The molecule has 5 rings (SSSR count). The van der Waals surface area contributed by atoms with E-state index in [1.54, 1.807) is 11.9 Å². The molecule has 214 valence electrons. The Labute approximate surface area is 242 Å². The van der Waals surface area contributed by atoms with Crippen molar-refractivity contribution in [2.45, 2.75) is 37.9 Å². The molecule has 2 atom stereocenters. The van der Waals surface area contributed by atoms with Crippen molar-refractivity contribution in [2.75, 3.05) is 33.8 Å². The summed E-state index contributed by atoms with van der Waals surface area (Å²) < 4.78 is 4.94. The monoisotopic (exact) mass is 553 g/mol. The minimum atomic E-state index is -0.650. The Morgan fingerprint density at radius 2 is 1.29 bits per heavy atom. The number of methoxy groups -OCH3 is 1. The number of benzene rings is 3. The highest BCUT2D eigenvalue weighted by molar-refractivity contribution is 5.90. The van der Waals surface area contributed by atoms with E-state index in [1.165, 1.54) is 12.0 Å². The molecule has 0 unspecified atom stereocenters. The van der Waals surface area contributed by atoms with Gasteiger partial charge < -0.3 is 14.5 Å². The summed E-state index contributed by atoms with van der Waals surface area (Å²) in [4.78, 5) is 45.2. The van der Waals surface area contributed by atoms with Gasteiger partial charge in [-0.2, -0.15) is 0 Å². The molecule has 0 aromatic heterocycles. The summed E-state index contributed by atoms with van der Waals surface area (Å²) in [5.41, 5.74) is 2.68. The number of carbonyl (C=O) groups is 3. The Bertz CT molecular complexity index is 1260. The lowest BCUT2D eigenvalue weighted by molar-refractivity contribution is -0.162. The molecule has 0 saturated carbocycles. The predicted octanol–water partition coefficient (Wildman–Crippen LogP) is 4.17. The lowest BCUT2D eigenvalue weighted by Crippen LogP contribution is -2.68. The highest BCUT2D eigenvalue weighted by Gasteiger charge is 2.53. The highest BCUT2D eigenvalue weighted by atomic mass is 16.5. The third-order valence-electron chi connectivity index (χ3n) is 8.69. The SMILES string of the molecule is COC(=O)[C@H](C(C)C)N(C)C(=O)C1CN(C(=O)[C@H]2CCN2C(c2ccccc2)(c2ccccc2)c2ccccc2)C1. The normalized spacial score (nSPS) is 18.3. The first-order valence-electron chi connectivity index (χ1n) is 14.4. The van der Waals surface area contributed by atoms with Crippen LogP contribution in [0.25, 0.3) is 0 Å². The van der Waals surface area contributed by atoms with Crippen LogP contribution in [0.1, 0.15) is 37.0 Å². The molecule has 3 aromatic rings. The predicted molar refractivity (Wildman–Crippen MR) is 158 cm³/mol. The van der Waals surface area contributed by atoms with Crippen LogP contribution in [0.5, 0.6) is 0 Å². The van der Waals surface area contributed by atoms with Gasteiger partial charge in [-0.1, -0.05) is 105 Å². The van der Waals surface area contributed by atoms with Crippen molar-refractivity contribution in [3.8, 4) is 0 Å². The van der Waals surface area contributed by atoms with E-state index in [1.807, 2.05) is 68.4 Å². The largest absolute Gasteiger partial charge is 0.467 e. The standard InChI is InChI=1S/C34H39N3O4/c1-24(2)30(33(40)41-4)35(3)31(38)25-22-36(23-25)32(39)29-20-21-37(29)34(26-14-8-5-9-15-26,27-16-10-6-11-17-27)28-18-12-7-13-19-28/h5-19,24-25,29-30H,20-23H2,1-4H3/t29-,30+/m1/s1. The van der Waals surface area contributed by atoms with Crippen molar-refractivity contribution in [3.63, 3.8) is 0 Å². The van der Waals surface area contributed by atoms with Gasteiger partial charge >= 0.3 is 5.97 Å². The van der Waals surface area contributed by atoms with Crippen molar-refractivity contribution >= 4 is 17.8 Å². The van der Waals surface area contributed by atoms with E-state index in [0.717, 1.165) is 29.7 Å². The lowest BCUT2D eigenvalue weighted by Gasteiger charge is -2.56. The summed E-state index contributed by atoms with van der Waals surface area (Å²) in [6.45, 7) is 5.27. The summed E-state index contributed by atoms with van der Waals surface area (Å²) in [6, 6.07) is 30.2. The minimum absolute atomic E-state index is 0.0449. The van der Waals surface area contributed by atoms with Gasteiger partial charge in [-0.3, -0.25) is 14.5 Å². The summed E-state index contributed by atoms with van der Waals surface area (Å²) in [5.74, 6) is -0.919. The van der Waals surface area contributed by atoms with Crippen LogP contribution in [-0.2, 0) is 24.7 Å². The van der Waals surface area contributed by atoms with Gasteiger partial charge in [0, 0.05) is 26.7 Å². The number of ether oxygens (including phenoxy) is 1. The number of amides is 2. The van der Waals surface area contributed by atoms with Crippen molar-refractivity contribution in [2.24, 2.45) is 11.8 Å². The second kappa shape index (κ2) is 11.9. The van der Waals surface area contributed by atoms with E-state index in [-0.39, 0.29) is 29.7 Å². The molecule has 2 saturated heterocycles. The molecule has 0 spiro atoms. The van der Waals surface area contributed by atoms with E-state index in [0.29, 0.717) is 13.1 Å². The number of nitrogens with zero attached hydrogens (tertiary/aromatic N) is 3. The Morgan fingerprint density at radius 3 is 1.66 bits per heavy atom. The number of likely N-dealkylation sites (tertiary alicyclic amines) is 2. The van der Waals surface area contributed by atoms with E-state index in [2.05, 4.69) is 41.3 Å². The van der Waals surface area contributed by atoms with E-state index in [9.17, 15) is 14.4 Å². The van der Waals surface area contributed by atoms with Crippen LogP contribution in [0.15, 0.2) is 91.0 Å². The van der Waals surface area contributed by atoms with Gasteiger partial charge in [-0.25, -0.2) is 4.79 Å². The van der Waals surface area contributed by atoms with Crippen LogP contribution < -0.4 is 0 Å². The molecule has 2 amide bonds. The van der Waals surface area contributed by atoms with Crippen LogP contribution in [-0.4, -0.2) is 78.4 Å². The zero-order valence-corrected chi connectivity index (χ0v) is 24.3. The Hall–Kier alpha value is -3.97. The Morgan fingerprint density at radius 1 is 0.829 bits per heavy atom. The van der Waals surface area contributed by atoms with Gasteiger partial charge in [0.2, 0.25) is 11.8 Å². The summed E-state index contributed by atoms with van der Waals surface area (Å²) >= 11 is 0. The van der Waals surface area contributed by atoms with Crippen molar-refractivity contribution < 1.29 is 19.1 Å². The van der Waals surface area contributed by atoms with E-state index in [4.69, 9.17) is 4.74 Å². The van der Waals surface area contributed by atoms with Crippen molar-refractivity contribution in [1.29, 1.82) is 0 Å². The molecule has 0 radical (unpaired) electrons. The third-order valence-corrected chi connectivity index (χ3v) is 8.69. The average molecular weight is 554 g/mol. The topological polar surface area (TPSA) is 70.2 Å². The molecule has 2 heterocycles. The minimum Gasteiger partial charge on any atom is -0.467 e. The molecule has 3 aromatic carbocycles. The third kappa shape index (κ3) is 5.04. The molecule has 41 heavy (non-hydrogen) atoms. The van der Waals surface area contributed by atoms with Crippen LogP contribution in [0, 0.1) is 11.8 Å². The van der Waals surface area contributed by atoms with Gasteiger partial charge in [0.25, 0.3) is 0 Å². The number of carbonyl (C=O) groups excluding carboxylic acids is 3. The van der Waals surface area contributed by atoms with Crippen molar-refractivity contribution in [1.82, 2.24) is 14.7 Å². The molecule has 7 nitrogen and oxygen atoms in total. The molecule has 2 aliphatic rings. The van der Waals surface area contributed by atoms with E-state index < -0.39 is 17.6 Å². The lowest BCUT2D eigenvalue weighted by atomic mass is 9.72. The maximum atomic E-state index is 14.0. The first kappa shape index (κ1) is 28.6. The van der Waals surface area contributed by atoms with Gasteiger partial charge in [0.05, 0.1) is 24.6 Å². The first-order chi connectivity index (χ1) is 19.8. The Balaban J connectivity index is 1.41.